The number of amides is 1. The molecule has 0 aliphatic carbocycles. The van der Waals surface area contributed by atoms with Crippen LogP contribution >= 0.6 is 0 Å². The summed E-state index contributed by atoms with van der Waals surface area (Å²) < 4.78 is 1.92. The molecule has 1 spiro atoms. The summed E-state index contributed by atoms with van der Waals surface area (Å²) in [5.74, 6) is 0.171. The number of hydrogen-bond acceptors (Lipinski definition) is 4. The van der Waals surface area contributed by atoms with E-state index in [2.05, 4.69) is 64.5 Å². The molecule has 2 aromatic rings. The fraction of sp³-hybridized carbons (Fsp3) is 0.565. The maximum absolute atomic E-state index is 12.8. The van der Waals surface area contributed by atoms with Crippen LogP contribution in [-0.4, -0.2) is 64.8 Å². The minimum absolute atomic E-state index is 0.00929. The fourth-order valence-corrected chi connectivity index (χ4v) is 5.26. The summed E-state index contributed by atoms with van der Waals surface area (Å²) in [7, 11) is 4.06. The summed E-state index contributed by atoms with van der Waals surface area (Å²) in [4.78, 5) is 17.6. The van der Waals surface area contributed by atoms with E-state index in [0.717, 1.165) is 44.7 Å². The lowest BCUT2D eigenvalue weighted by atomic mass is 9.77. The Morgan fingerprint density at radius 1 is 1.17 bits per heavy atom. The molecule has 4 rings (SSSR count). The van der Waals surface area contributed by atoms with Crippen LogP contribution in [0.5, 0.6) is 0 Å². The van der Waals surface area contributed by atoms with E-state index in [0.29, 0.717) is 6.54 Å². The zero-order valence-corrected chi connectivity index (χ0v) is 18.1. The average molecular weight is 396 g/mol. The third kappa shape index (κ3) is 4.09. The van der Waals surface area contributed by atoms with Gasteiger partial charge >= 0.3 is 0 Å². The minimum Gasteiger partial charge on any atom is -0.354 e. The SMILES string of the molecule is Cc1nn(C)c(C)c1CCNC(=O)C1CC2(CN(Cc3ccccc3)C2)CN1C. The van der Waals surface area contributed by atoms with Gasteiger partial charge in [-0.1, -0.05) is 30.3 Å². The predicted molar refractivity (Wildman–Crippen MR) is 115 cm³/mol. The Hall–Kier alpha value is -2.18. The number of carbonyl (C=O) groups excluding carboxylic acids is 1. The van der Waals surface area contributed by atoms with Crippen molar-refractivity contribution in [1.82, 2.24) is 24.9 Å². The fourth-order valence-electron chi connectivity index (χ4n) is 5.26. The van der Waals surface area contributed by atoms with Crippen LogP contribution in [-0.2, 0) is 24.8 Å². The molecule has 1 aromatic heterocycles. The molecule has 156 valence electrons. The molecule has 0 radical (unpaired) electrons. The number of nitrogens with zero attached hydrogens (tertiary/aromatic N) is 4. The molecule has 1 unspecified atom stereocenters. The Labute approximate surface area is 173 Å². The summed E-state index contributed by atoms with van der Waals surface area (Å²) >= 11 is 0. The number of hydrogen-bond donors (Lipinski definition) is 1. The Morgan fingerprint density at radius 2 is 1.90 bits per heavy atom. The Balaban J connectivity index is 1.26. The van der Waals surface area contributed by atoms with Crippen LogP contribution in [0.3, 0.4) is 0 Å². The molecule has 3 heterocycles. The summed E-state index contributed by atoms with van der Waals surface area (Å²) in [5.41, 5.74) is 5.14. The van der Waals surface area contributed by atoms with Gasteiger partial charge in [0, 0.05) is 50.9 Å². The van der Waals surface area contributed by atoms with Crippen LogP contribution in [0.2, 0.25) is 0 Å². The Morgan fingerprint density at radius 3 is 2.55 bits per heavy atom. The smallest absolute Gasteiger partial charge is 0.237 e. The highest BCUT2D eigenvalue weighted by Crippen LogP contribution is 2.42. The van der Waals surface area contributed by atoms with Crippen LogP contribution in [0.25, 0.3) is 0 Å². The number of aromatic nitrogens is 2. The quantitative estimate of drug-likeness (QED) is 0.812. The van der Waals surface area contributed by atoms with Gasteiger partial charge in [-0.15, -0.1) is 0 Å². The van der Waals surface area contributed by atoms with Crippen molar-refractivity contribution in [2.45, 2.75) is 39.3 Å². The minimum atomic E-state index is -0.00929. The molecule has 1 amide bonds. The maximum Gasteiger partial charge on any atom is 0.237 e. The van der Waals surface area contributed by atoms with Crippen molar-refractivity contribution in [2.75, 3.05) is 33.2 Å². The third-order valence-corrected chi connectivity index (χ3v) is 6.75. The third-order valence-electron chi connectivity index (χ3n) is 6.75. The first-order valence-electron chi connectivity index (χ1n) is 10.6. The van der Waals surface area contributed by atoms with Gasteiger partial charge in [-0.3, -0.25) is 19.3 Å². The van der Waals surface area contributed by atoms with Crippen LogP contribution in [0.1, 0.15) is 28.9 Å². The molecule has 2 fully saturated rings. The van der Waals surface area contributed by atoms with E-state index in [1.165, 1.54) is 16.8 Å². The Bertz CT molecular complexity index is 869. The van der Waals surface area contributed by atoms with E-state index in [4.69, 9.17) is 0 Å². The van der Waals surface area contributed by atoms with Gasteiger partial charge in [0.15, 0.2) is 0 Å². The van der Waals surface area contributed by atoms with Crippen molar-refractivity contribution in [2.24, 2.45) is 12.5 Å². The first-order valence-corrected chi connectivity index (χ1v) is 10.6. The molecule has 2 aliphatic rings. The summed E-state index contributed by atoms with van der Waals surface area (Å²) in [6.07, 6.45) is 1.80. The number of benzene rings is 1. The molecule has 29 heavy (non-hydrogen) atoms. The van der Waals surface area contributed by atoms with Gasteiger partial charge in [0.1, 0.15) is 0 Å². The van der Waals surface area contributed by atoms with Gasteiger partial charge in [-0.2, -0.15) is 5.10 Å². The van der Waals surface area contributed by atoms with Gasteiger partial charge in [-0.05, 0) is 44.9 Å². The topological polar surface area (TPSA) is 53.4 Å². The van der Waals surface area contributed by atoms with Crippen molar-refractivity contribution in [3.05, 3.63) is 52.8 Å². The summed E-state index contributed by atoms with van der Waals surface area (Å²) in [6, 6.07) is 10.6. The molecular weight excluding hydrogens is 362 g/mol. The standard InChI is InChI=1S/C23H33N5O/c1-17-20(18(2)27(4)25-17)10-11-24-22(29)21-12-23(14-26(21)3)15-28(16-23)13-19-8-6-5-7-9-19/h5-9,21H,10-16H2,1-4H3,(H,24,29). The average Bonchev–Trinajstić information content (AvgIpc) is 3.13. The molecule has 2 aliphatic heterocycles. The largest absolute Gasteiger partial charge is 0.354 e. The van der Waals surface area contributed by atoms with Crippen molar-refractivity contribution in [1.29, 1.82) is 0 Å². The van der Waals surface area contributed by atoms with E-state index in [9.17, 15) is 4.79 Å². The second-order valence-corrected chi connectivity index (χ2v) is 9.08. The van der Waals surface area contributed by atoms with Crippen molar-refractivity contribution >= 4 is 5.91 Å². The highest BCUT2D eigenvalue weighted by atomic mass is 16.2. The van der Waals surface area contributed by atoms with E-state index in [-0.39, 0.29) is 17.4 Å². The molecule has 1 atom stereocenters. The lowest BCUT2D eigenvalue weighted by Gasteiger charge is -2.48. The zero-order valence-electron chi connectivity index (χ0n) is 18.1. The number of likely N-dealkylation sites (tertiary alicyclic amines) is 2. The molecule has 1 aromatic carbocycles. The van der Waals surface area contributed by atoms with Crippen LogP contribution in [0.4, 0.5) is 0 Å². The summed E-state index contributed by atoms with van der Waals surface area (Å²) in [6.45, 7) is 8.99. The number of nitrogens with one attached hydrogen (secondary N) is 1. The van der Waals surface area contributed by atoms with E-state index in [1.807, 2.05) is 18.7 Å². The summed E-state index contributed by atoms with van der Waals surface area (Å²) in [5, 5.41) is 7.64. The maximum atomic E-state index is 12.8. The normalized spacial score (nSPS) is 21.4. The van der Waals surface area contributed by atoms with Crippen LogP contribution in [0.15, 0.2) is 30.3 Å². The zero-order chi connectivity index (χ0) is 20.6. The van der Waals surface area contributed by atoms with E-state index >= 15 is 0 Å². The molecule has 6 heteroatoms. The van der Waals surface area contributed by atoms with Crippen molar-refractivity contribution in [3.8, 4) is 0 Å². The molecule has 2 saturated heterocycles. The van der Waals surface area contributed by atoms with Crippen LogP contribution in [0, 0.1) is 19.3 Å². The molecule has 0 saturated carbocycles. The number of aryl methyl sites for hydroxylation is 2. The van der Waals surface area contributed by atoms with Crippen molar-refractivity contribution in [3.63, 3.8) is 0 Å². The number of rotatable bonds is 6. The van der Waals surface area contributed by atoms with Gasteiger partial charge in [0.2, 0.25) is 5.91 Å². The first-order chi connectivity index (χ1) is 13.9. The highest BCUT2D eigenvalue weighted by Gasteiger charge is 2.51. The second-order valence-electron chi connectivity index (χ2n) is 9.08. The Kier molecular flexibility index (Phi) is 5.49. The first kappa shape index (κ1) is 20.1. The number of likely N-dealkylation sites (N-methyl/N-ethyl adjacent to an activating group) is 1. The van der Waals surface area contributed by atoms with E-state index < -0.39 is 0 Å². The molecular formula is C23H33N5O. The molecule has 1 N–H and O–H groups in total. The monoisotopic (exact) mass is 395 g/mol. The van der Waals surface area contributed by atoms with E-state index in [1.54, 1.807) is 0 Å². The van der Waals surface area contributed by atoms with Crippen LogP contribution < -0.4 is 5.32 Å². The molecule has 6 nitrogen and oxygen atoms in total. The highest BCUT2D eigenvalue weighted by molar-refractivity contribution is 5.82. The second kappa shape index (κ2) is 7.92. The lowest BCUT2D eigenvalue weighted by Crippen LogP contribution is -2.56. The van der Waals surface area contributed by atoms with Gasteiger partial charge in [-0.25, -0.2) is 0 Å². The molecule has 0 bridgehead atoms. The van der Waals surface area contributed by atoms with Gasteiger partial charge in [0.25, 0.3) is 0 Å². The van der Waals surface area contributed by atoms with Gasteiger partial charge in [0.05, 0.1) is 11.7 Å². The number of carbonyl (C=O) groups is 1. The van der Waals surface area contributed by atoms with Gasteiger partial charge < -0.3 is 5.32 Å². The van der Waals surface area contributed by atoms with Crippen molar-refractivity contribution < 1.29 is 4.79 Å². The predicted octanol–water partition coefficient (Wildman–Crippen LogP) is 1.90. The lowest BCUT2D eigenvalue weighted by molar-refractivity contribution is -0.125.